The van der Waals surface area contributed by atoms with Crippen LogP contribution in [0.1, 0.15) is 44.9 Å². The third-order valence-electron chi connectivity index (χ3n) is 6.11. The van der Waals surface area contributed by atoms with Crippen LogP contribution in [0, 0.1) is 23.2 Å². The number of nitrogens with one attached hydrogen (secondary N) is 1. The second-order valence-electron chi connectivity index (χ2n) is 8.02. The Bertz CT molecular complexity index is 638. The van der Waals surface area contributed by atoms with Crippen LogP contribution in [-0.4, -0.2) is 13.9 Å². The number of benzene rings is 1. The molecule has 4 fully saturated rings. The smallest absolute Gasteiger partial charge is 0.207 e. The summed E-state index contributed by atoms with van der Waals surface area (Å²) >= 11 is 6.46. The van der Waals surface area contributed by atoms with Crippen molar-refractivity contribution in [1.29, 1.82) is 0 Å². The molecule has 1 atom stereocenters. The molecule has 0 aromatic heterocycles. The Balaban J connectivity index is 1.45. The van der Waals surface area contributed by atoms with Crippen molar-refractivity contribution in [1.82, 2.24) is 4.72 Å². The number of hydrogen-bond acceptors (Lipinski definition) is 2. The summed E-state index contributed by atoms with van der Waals surface area (Å²) in [5.41, 5.74) is -0.239. The first-order chi connectivity index (χ1) is 10.9. The van der Waals surface area contributed by atoms with Crippen LogP contribution in [0.2, 0.25) is 0 Å². The van der Waals surface area contributed by atoms with Gasteiger partial charge in [0, 0.05) is 0 Å². The maximum absolute atomic E-state index is 12.4. The van der Waals surface area contributed by atoms with E-state index in [1.165, 1.54) is 38.5 Å². The van der Waals surface area contributed by atoms with Crippen molar-refractivity contribution in [2.24, 2.45) is 23.2 Å². The quantitative estimate of drug-likeness (QED) is 0.638. The lowest BCUT2D eigenvalue weighted by Crippen LogP contribution is -2.48. The van der Waals surface area contributed by atoms with E-state index in [2.05, 4.69) is 4.72 Å². The van der Waals surface area contributed by atoms with E-state index in [1.54, 1.807) is 24.3 Å². The van der Waals surface area contributed by atoms with Gasteiger partial charge in [-0.15, -0.1) is 11.6 Å². The minimum Gasteiger partial charge on any atom is -0.207 e. The van der Waals surface area contributed by atoms with Gasteiger partial charge in [-0.3, -0.25) is 0 Å². The number of alkyl halides is 1. The molecule has 0 aliphatic heterocycles. The summed E-state index contributed by atoms with van der Waals surface area (Å²) in [4.78, 5) is 0.288. The summed E-state index contributed by atoms with van der Waals surface area (Å²) < 4.78 is 27.6. The average Bonchev–Trinajstić information content (AvgIpc) is 2.45. The van der Waals surface area contributed by atoms with Gasteiger partial charge < -0.3 is 0 Å². The molecular formula is C18H24ClNO2S. The Morgan fingerprint density at radius 3 is 2.09 bits per heavy atom. The fraction of sp³-hybridized carbons (Fsp3) is 0.667. The SMILES string of the molecule is O=S(=O)(NC(Cl)CC12CC3CC(CC(C3)C1)C2)c1ccccc1. The Morgan fingerprint density at radius 2 is 1.57 bits per heavy atom. The molecule has 5 heteroatoms. The Labute approximate surface area is 143 Å². The van der Waals surface area contributed by atoms with Gasteiger partial charge in [-0.2, -0.15) is 4.72 Å². The Morgan fingerprint density at radius 1 is 1.04 bits per heavy atom. The molecule has 4 bridgehead atoms. The summed E-state index contributed by atoms with van der Waals surface area (Å²) in [5.74, 6) is 2.57. The van der Waals surface area contributed by atoms with Crippen LogP contribution in [0.25, 0.3) is 0 Å². The number of halogens is 1. The van der Waals surface area contributed by atoms with Crippen LogP contribution >= 0.6 is 11.6 Å². The van der Waals surface area contributed by atoms with Crippen molar-refractivity contribution >= 4 is 21.6 Å². The van der Waals surface area contributed by atoms with Crippen molar-refractivity contribution in [3.05, 3.63) is 30.3 Å². The Hall–Kier alpha value is -0.580. The van der Waals surface area contributed by atoms with Crippen LogP contribution in [0.3, 0.4) is 0 Å². The van der Waals surface area contributed by atoms with E-state index in [1.807, 2.05) is 6.07 Å². The zero-order valence-corrected chi connectivity index (χ0v) is 14.8. The van der Waals surface area contributed by atoms with Gasteiger partial charge in [-0.25, -0.2) is 8.42 Å². The number of sulfonamides is 1. The lowest BCUT2D eigenvalue weighted by atomic mass is 9.49. The molecule has 4 aliphatic rings. The zero-order chi connectivity index (χ0) is 16.1. The van der Waals surface area contributed by atoms with Crippen molar-refractivity contribution in [3.8, 4) is 0 Å². The first kappa shape index (κ1) is 15.9. The molecule has 4 aliphatic carbocycles. The zero-order valence-electron chi connectivity index (χ0n) is 13.2. The minimum absolute atomic E-state index is 0.278. The first-order valence-electron chi connectivity index (χ1n) is 8.66. The third kappa shape index (κ3) is 3.18. The first-order valence-corrected chi connectivity index (χ1v) is 10.6. The van der Waals surface area contributed by atoms with Crippen molar-refractivity contribution in [2.75, 3.05) is 0 Å². The topological polar surface area (TPSA) is 46.2 Å². The predicted molar refractivity (Wildman–Crippen MR) is 91.6 cm³/mol. The largest absolute Gasteiger partial charge is 0.241 e. The van der Waals surface area contributed by atoms with Crippen molar-refractivity contribution in [3.63, 3.8) is 0 Å². The van der Waals surface area contributed by atoms with E-state index in [4.69, 9.17) is 11.6 Å². The molecule has 3 nitrogen and oxygen atoms in total. The molecule has 0 heterocycles. The van der Waals surface area contributed by atoms with Crippen LogP contribution in [-0.2, 0) is 10.0 Å². The molecule has 23 heavy (non-hydrogen) atoms. The summed E-state index contributed by atoms with van der Waals surface area (Å²) in [5, 5.41) is 0. The predicted octanol–water partition coefficient (Wildman–Crippen LogP) is 4.14. The van der Waals surface area contributed by atoms with Gasteiger partial charge in [-0.05, 0) is 80.2 Å². The van der Waals surface area contributed by atoms with Gasteiger partial charge in [0.05, 0.1) is 10.4 Å². The normalized spacial score (nSPS) is 37.0. The van der Waals surface area contributed by atoms with Crippen molar-refractivity contribution < 1.29 is 8.42 Å². The van der Waals surface area contributed by atoms with E-state index < -0.39 is 15.5 Å². The highest BCUT2D eigenvalue weighted by Gasteiger charge is 2.51. The van der Waals surface area contributed by atoms with Gasteiger partial charge in [0.2, 0.25) is 10.0 Å². The number of rotatable bonds is 5. The van der Waals surface area contributed by atoms with E-state index in [9.17, 15) is 8.42 Å². The summed E-state index contributed by atoms with van der Waals surface area (Å²) in [6.45, 7) is 0. The lowest BCUT2D eigenvalue weighted by Gasteiger charge is -2.57. The summed E-state index contributed by atoms with van der Waals surface area (Å²) in [6, 6.07) is 8.49. The molecule has 1 aromatic rings. The van der Waals surface area contributed by atoms with Gasteiger partial charge in [-0.1, -0.05) is 18.2 Å². The Kier molecular flexibility index (Phi) is 3.98. The fourth-order valence-electron chi connectivity index (χ4n) is 5.80. The average molecular weight is 354 g/mol. The number of hydrogen-bond donors (Lipinski definition) is 1. The monoisotopic (exact) mass is 353 g/mol. The third-order valence-corrected chi connectivity index (χ3v) is 7.99. The molecule has 1 N–H and O–H groups in total. The van der Waals surface area contributed by atoms with Gasteiger partial charge in [0.25, 0.3) is 0 Å². The van der Waals surface area contributed by atoms with E-state index in [-0.39, 0.29) is 10.3 Å². The van der Waals surface area contributed by atoms with Gasteiger partial charge in [0.15, 0.2) is 0 Å². The second-order valence-corrected chi connectivity index (χ2v) is 10.3. The molecule has 126 valence electrons. The van der Waals surface area contributed by atoms with Crippen LogP contribution in [0.5, 0.6) is 0 Å². The van der Waals surface area contributed by atoms with E-state index in [0.717, 1.165) is 24.2 Å². The van der Waals surface area contributed by atoms with E-state index in [0.29, 0.717) is 0 Å². The lowest BCUT2D eigenvalue weighted by molar-refractivity contribution is -0.0577. The molecule has 0 spiro atoms. The van der Waals surface area contributed by atoms with E-state index >= 15 is 0 Å². The van der Waals surface area contributed by atoms with Gasteiger partial charge >= 0.3 is 0 Å². The highest BCUT2D eigenvalue weighted by molar-refractivity contribution is 7.89. The summed E-state index contributed by atoms with van der Waals surface area (Å²) in [7, 11) is -3.53. The molecule has 0 saturated heterocycles. The van der Waals surface area contributed by atoms with Crippen LogP contribution in [0.15, 0.2) is 35.2 Å². The molecular weight excluding hydrogens is 330 g/mol. The molecule has 0 amide bonds. The molecule has 1 aromatic carbocycles. The van der Waals surface area contributed by atoms with Crippen molar-refractivity contribution in [2.45, 2.75) is 55.3 Å². The maximum atomic E-state index is 12.4. The molecule has 5 rings (SSSR count). The molecule has 4 saturated carbocycles. The standard InChI is InChI=1S/C18H24ClNO2S/c19-17(20-23(21,22)16-4-2-1-3-5-16)12-18-9-13-6-14(10-18)8-15(7-13)11-18/h1-5,13-15,17,20H,6-12H2. The van der Waals surface area contributed by atoms with Crippen LogP contribution in [0.4, 0.5) is 0 Å². The minimum atomic E-state index is -3.53. The van der Waals surface area contributed by atoms with Gasteiger partial charge in [0.1, 0.15) is 0 Å². The second kappa shape index (κ2) is 5.75. The van der Waals surface area contributed by atoms with Crippen LogP contribution < -0.4 is 4.72 Å². The highest BCUT2D eigenvalue weighted by Crippen LogP contribution is 2.61. The summed E-state index contributed by atoms with van der Waals surface area (Å²) in [6.07, 6.45) is 8.68. The highest BCUT2D eigenvalue weighted by atomic mass is 35.5. The fourth-order valence-corrected chi connectivity index (χ4v) is 7.55. The maximum Gasteiger partial charge on any atom is 0.241 e. The molecule has 1 unspecified atom stereocenters. The molecule has 0 radical (unpaired) electrons.